The van der Waals surface area contributed by atoms with Crippen molar-refractivity contribution < 1.29 is 0 Å². The number of nitrogens with zero attached hydrogens (tertiary/aromatic N) is 1. The molecule has 3 heteroatoms. The molecule has 1 fully saturated rings. The summed E-state index contributed by atoms with van der Waals surface area (Å²) in [5.41, 5.74) is 1.52. The summed E-state index contributed by atoms with van der Waals surface area (Å²) >= 11 is 5.76. The van der Waals surface area contributed by atoms with Crippen molar-refractivity contribution >= 4 is 17.3 Å². The SMILES string of the molecule is CC1CC(C)(C)CC1Nc1ccc(Cl)nc1. The number of pyridine rings is 1. The Bertz CT molecular complexity index is 359. The predicted octanol–water partition coefficient (Wildman–Crippen LogP) is 3.97. The quantitative estimate of drug-likeness (QED) is 0.789. The van der Waals surface area contributed by atoms with E-state index in [0.29, 0.717) is 22.5 Å². The summed E-state index contributed by atoms with van der Waals surface area (Å²) in [5, 5.41) is 4.10. The van der Waals surface area contributed by atoms with Gasteiger partial charge in [0.15, 0.2) is 0 Å². The van der Waals surface area contributed by atoms with Crippen molar-refractivity contribution in [3.8, 4) is 0 Å². The van der Waals surface area contributed by atoms with E-state index < -0.39 is 0 Å². The molecule has 1 aliphatic rings. The Labute approximate surface area is 102 Å². The molecule has 1 saturated carbocycles. The first-order valence-electron chi connectivity index (χ1n) is 5.84. The fourth-order valence-electron chi connectivity index (χ4n) is 2.76. The lowest BCUT2D eigenvalue weighted by Gasteiger charge is -2.19. The highest BCUT2D eigenvalue weighted by Crippen LogP contribution is 2.41. The standard InChI is InChI=1S/C13H19ClN2/c1-9-6-13(2,3)7-11(9)16-10-4-5-12(14)15-8-10/h4-5,8-9,11,16H,6-7H2,1-3H3. The monoisotopic (exact) mass is 238 g/mol. The molecule has 16 heavy (non-hydrogen) atoms. The maximum atomic E-state index is 5.76. The van der Waals surface area contributed by atoms with Gasteiger partial charge in [0.05, 0.1) is 11.9 Å². The number of hydrogen-bond donors (Lipinski definition) is 1. The molecular weight excluding hydrogens is 220 g/mol. The number of halogens is 1. The Balaban J connectivity index is 2.03. The number of anilines is 1. The van der Waals surface area contributed by atoms with Crippen LogP contribution in [0.4, 0.5) is 5.69 Å². The summed E-state index contributed by atoms with van der Waals surface area (Å²) in [4.78, 5) is 4.09. The van der Waals surface area contributed by atoms with Gasteiger partial charge in [0.25, 0.3) is 0 Å². The van der Waals surface area contributed by atoms with Crippen molar-refractivity contribution in [1.29, 1.82) is 0 Å². The molecule has 1 heterocycles. The van der Waals surface area contributed by atoms with Gasteiger partial charge in [-0.05, 0) is 36.3 Å². The normalized spacial score (nSPS) is 28.0. The van der Waals surface area contributed by atoms with Crippen LogP contribution in [0.1, 0.15) is 33.6 Å². The van der Waals surface area contributed by atoms with Gasteiger partial charge >= 0.3 is 0 Å². The molecule has 0 radical (unpaired) electrons. The van der Waals surface area contributed by atoms with Gasteiger partial charge in [-0.15, -0.1) is 0 Å². The minimum absolute atomic E-state index is 0.455. The summed E-state index contributed by atoms with van der Waals surface area (Å²) in [6, 6.07) is 4.38. The number of rotatable bonds is 2. The van der Waals surface area contributed by atoms with E-state index in [1.807, 2.05) is 12.1 Å². The minimum Gasteiger partial charge on any atom is -0.381 e. The highest BCUT2D eigenvalue weighted by Gasteiger charge is 2.36. The fourth-order valence-corrected chi connectivity index (χ4v) is 2.87. The Morgan fingerprint density at radius 1 is 1.38 bits per heavy atom. The zero-order chi connectivity index (χ0) is 11.8. The van der Waals surface area contributed by atoms with Gasteiger partial charge in [0.1, 0.15) is 5.15 Å². The van der Waals surface area contributed by atoms with Crippen molar-refractivity contribution in [2.75, 3.05) is 5.32 Å². The highest BCUT2D eigenvalue weighted by atomic mass is 35.5. The molecule has 1 N–H and O–H groups in total. The van der Waals surface area contributed by atoms with Crippen molar-refractivity contribution in [3.63, 3.8) is 0 Å². The van der Waals surface area contributed by atoms with E-state index in [4.69, 9.17) is 11.6 Å². The summed E-state index contributed by atoms with van der Waals surface area (Å²) < 4.78 is 0. The summed E-state index contributed by atoms with van der Waals surface area (Å²) in [5.74, 6) is 0.714. The second kappa shape index (κ2) is 4.25. The minimum atomic E-state index is 0.455. The third kappa shape index (κ3) is 2.67. The second-order valence-corrected chi connectivity index (χ2v) is 6.06. The third-order valence-corrected chi connectivity index (χ3v) is 3.64. The highest BCUT2D eigenvalue weighted by molar-refractivity contribution is 6.29. The first kappa shape index (κ1) is 11.7. The molecule has 88 valence electrons. The van der Waals surface area contributed by atoms with E-state index >= 15 is 0 Å². The van der Waals surface area contributed by atoms with E-state index in [-0.39, 0.29) is 0 Å². The Kier molecular flexibility index (Phi) is 3.11. The first-order chi connectivity index (χ1) is 7.46. The van der Waals surface area contributed by atoms with Crippen LogP contribution in [0.3, 0.4) is 0 Å². The van der Waals surface area contributed by atoms with Crippen LogP contribution < -0.4 is 5.32 Å². The van der Waals surface area contributed by atoms with Gasteiger partial charge in [-0.3, -0.25) is 0 Å². The van der Waals surface area contributed by atoms with Crippen LogP contribution in [-0.4, -0.2) is 11.0 Å². The molecule has 0 bridgehead atoms. The Hall–Kier alpha value is -0.760. The van der Waals surface area contributed by atoms with Gasteiger partial charge in [0.2, 0.25) is 0 Å². The second-order valence-electron chi connectivity index (χ2n) is 5.67. The molecule has 2 rings (SSSR count). The Morgan fingerprint density at radius 3 is 2.62 bits per heavy atom. The predicted molar refractivity (Wildman–Crippen MR) is 68.8 cm³/mol. The molecular formula is C13H19ClN2. The first-order valence-corrected chi connectivity index (χ1v) is 6.22. The van der Waals surface area contributed by atoms with Crippen LogP contribution >= 0.6 is 11.6 Å². The molecule has 0 saturated heterocycles. The van der Waals surface area contributed by atoms with Crippen molar-refractivity contribution in [3.05, 3.63) is 23.5 Å². The Morgan fingerprint density at radius 2 is 2.12 bits per heavy atom. The van der Waals surface area contributed by atoms with Crippen molar-refractivity contribution in [2.24, 2.45) is 11.3 Å². The topological polar surface area (TPSA) is 24.9 Å². The maximum absolute atomic E-state index is 5.76. The summed E-state index contributed by atoms with van der Waals surface area (Å²) in [6.07, 6.45) is 4.31. The molecule has 2 atom stereocenters. The molecule has 1 aliphatic carbocycles. The molecule has 2 nitrogen and oxygen atoms in total. The van der Waals surface area contributed by atoms with Gasteiger partial charge < -0.3 is 5.32 Å². The van der Waals surface area contributed by atoms with Crippen LogP contribution in [0.5, 0.6) is 0 Å². The molecule has 1 aromatic heterocycles. The van der Waals surface area contributed by atoms with Crippen LogP contribution in [0.2, 0.25) is 5.15 Å². The number of aromatic nitrogens is 1. The average molecular weight is 239 g/mol. The largest absolute Gasteiger partial charge is 0.381 e. The van der Waals surface area contributed by atoms with E-state index in [0.717, 1.165) is 5.69 Å². The summed E-state index contributed by atoms with van der Waals surface area (Å²) in [6.45, 7) is 6.99. The molecule has 1 aromatic rings. The zero-order valence-electron chi connectivity index (χ0n) is 10.1. The fraction of sp³-hybridized carbons (Fsp3) is 0.615. The third-order valence-electron chi connectivity index (χ3n) is 3.41. The van der Waals surface area contributed by atoms with Gasteiger partial charge in [-0.25, -0.2) is 4.98 Å². The van der Waals surface area contributed by atoms with Crippen LogP contribution in [0, 0.1) is 11.3 Å². The van der Waals surface area contributed by atoms with Crippen LogP contribution in [0.25, 0.3) is 0 Å². The van der Waals surface area contributed by atoms with Crippen LogP contribution in [-0.2, 0) is 0 Å². The summed E-state index contributed by atoms with van der Waals surface area (Å²) in [7, 11) is 0. The van der Waals surface area contributed by atoms with Crippen molar-refractivity contribution in [2.45, 2.75) is 39.7 Å². The van der Waals surface area contributed by atoms with E-state index in [2.05, 4.69) is 31.1 Å². The number of nitrogens with one attached hydrogen (secondary N) is 1. The van der Waals surface area contributed by atoms with Crippen LogP contribution in [0.15, 0.2) is 18.3 Å². The van der Waals surface area contributed by atoms with E-state index in [9.17, 15) is 0 Å². The van der Waals surface area contributed by atoms with Gasteiger partial charge in [0, 0.05) is 6.04 Å². The van der Waals surface area contributed by atoms with Crippen molar-refractivity contribution in [1.82, 2.24) is 4.98 Å². The lowest BCUT2D eigenvalue weighted by molar-refractivity contribution is 0.366. The molecule has 0 aromatic carbocycles. The smallest absolute Gasteiger partial charge is 0.129 e. The molecule has 0 amide bonds. The van der Waals surface area contributed by atoms with Gasteiger partial charge in [-0.1, -0.05) is 32.4 Å². The molecule has 2 unspecified atom stereocenters. The van der Waals surface area contributed by atoms with E-state index in [1.54, 1.807) is 6.20 Å². The maximum Gasteiger partial charge on any atom is 0.129 e. The lowest BCUT2D eigenvalue weighted by Crippen LogP contribution is -2.22. The molecule has 0 spiro atoms. The van der Waals surface area contributed by atoms with Gasteiger partial charge in [-0.2, -0.15) is 0 Å². The average Bonchev–Trinajstić information content (AvgIpc) is 2.44. The lowest BCUT2D eigenvalue weighted by atomic mass is 9.91. The number of hydrogen-bond acceptors (Lipinski definition) is 2. The van der Waals surface area contributed by atoms with E-state index in [1.165, 1.54) is 12.8 Å². The molecule has 0 aliphatic heterocycles. The zero-order valence-corrected chi connectivity index (χ0v) is 10.9.